The van der Waals surface area contributed by atoms with Gasteiger partial charge >= 0.3 is 0 Å². The highest BCUT2D eigenvalue weighted by molar-refractivity contribution is 6.47. The predicted octanol–water partition coefficient (Wildman–Crippen LogP) is 2.70. The summed E-state index contributed by atoms with van der Waals surface area (Å²) >= 11 is 0. The molecule has 0 fully saturated rings. The molecule has 0 radical (unpaired) electrons. The highest BCUT2D eigenvalue weighted by Crippen LogP contribution is 2.26. The summed E-state index contributed by atoms with van der Waals surface area (Å²) in [4.78, 5) is 30.9. The van der Waals surface area contributed by atoms with Gasteiger partial charge in [0.2, 0.25) is 5.91 Å². The molecule has 136 valence electrons. The molecule has 2 amide bonds. The fourth-order valence-corrected chi connectivity index (χ4v) is 2.83. The summed E-state index contributed by atoms with van der Waals surface area (Å²) in [5.74, 6) is -1.20. The number of hydrogen-bond donors (Lipinski definition) is 1. The van der Waals surface area contributed by atoms with Gasteiger partial charge in [-0.25, -0.2) is 4.39 Å². The summed E-state index contributed by atoms with van der Waals surface area (Å²) < 4.78 is 13.1. The average molecular weight is 364 g/mol. The lowest BCUT2D eigenvalue weighted by molar-refractivity contribution is -0.131. The molecule has 2 aromatic rings. The van der Waals surface area contributed by atoms with Crippen molar-refractivity contribution in [2.75, 3.05) is 11.9 Å². The van der Waals surface area contributed by atoms with Crippen LogP contribution in [0.5, 0.6) is 0 Å². The van der Waals surface area contributed by atoms with E-state index in [1.165, 1.54) is 29.2 Å². The van der Waals surface area contributed by atoms with E-state index in [4.69, 9.17) is 5.26 Å². The maximum atomic E-state index is 13.1. The van der Waals surface area contributed by atoms with Gasteiger partial charge < -0.3 is 10.2 Å². The van der Waals surface area contributed by atoms with Gasteiger partial charge in [-0.05, 0) is 56.3 Å². The third kappa shape index (κ3) is 3.85. The molecule has 1 N–H and O–H groups in total. The van der Waals surface area contributed by atoms with Gasteiger partial charge in [-0.15, -0.1) is 0 Å². The molecule has 0 aliphatic carbocycles. The molecule has 1 aliphatic heterocycles. The number of nitrogens with zero attached hydrogens (tertiary/aromatic N) is 3. The van der Waals surface area contributed by atoms with E-state index in [2.05, 4.69) is 10.3 Å². The number of rotatable bonds is 4. The zero-order valence-electron chi connectivity index (χ0n) is 14.9. The van der Waals surface area contributed by atoms with Crippen LogP contribution in [0.25, 0.3) is 0 Å². The van der Waals surface area contributed by atoms with Crippen LogP contribution in [0, 0.1) is 17.1 Å². The van der Waals surface area contributed by atoms with Crippen LogP contribution in [0.3, 0.4) is 0 Å². The monoisotopic (exact) mass is 364 g/mol. The van der Waals surface area contributed by atoms with E-state index in [0.717, 1.165) is 0 Å². The first-order chi connectivity index (χ1) is 12.8. The first-order valence-corrected chi connectivity index (χ1v) is 8.28. The molecule has 0 bridgehead atoms. The number of aliphatic imine (C=N–C) groups is 1. The molecule has 0 aromatic heterocycles. The highest BCUT2D eigenvalue weighted by Gasteiger charge is 2.41. The Balaban J connectivity index is 1.75. The van der Waals surface area contributed by atoms with E-state index in [1.54, 1.807) is 38.1 Å². The van der Waals surface area contributed by atoms with Crippen LogP contribution in [0.1, 0.15) is 25.0 Å². The Morgan fingerprint density at radius 2 is 1.96 bits per heavy atom. The summed E-state index contributed by atoms with van der Waals surface area (Å²) in [7, 11) is 0. The first kappa shape index (κ1) is 18.3. The molecule has 3 rings (SSSR count). The van der Waals surface area contributed by atoms with E-state index in [1.807, 2.05) is 6.07 Å². The minimum atomic E-state index is -0.910. The Bertz CT molecular complexity index is 974. The van der Waals surface area contributed by atoms with Crippen LogP contribution in [0.2, 0.25) is 0 Å². The summed E-state index contributed by atoms with van der Waals surface area (Å²) in [6.07, 6.45) is 0. The topological polar surface area (TPSA) is 85.6 Å². The molecule has 2 aromatic carbocycles. The fraction of sp³-hybridized carbons (Fsp3) is 0.200. The molecule has 0 spiro atoms. The number of amides is 2. The quantitative estimate of drug-likeness (QED) is 0.905. The second kappa shape index (κ2) is 7.00. The minimum Gasteiger partial charge on any atom is -0.325 e. The molecule has 1 aliphatic rings. The summed E-state index contributed by atoms with van der Waals surface area (Å²) in [6.45, 7) is 3.26. The van der Waals surface area contributed by atoms with E-state index >= 15 is 0 Å². The van der Waals surface area contributed by atoms with E-state index in [-0.39, 0.29) is 12.3 Å². The Labute approximate surface area is 155 Å². The fourth-order valence-electron chi connectivity index (χ4n) is 2.83. The normalized spacial score (nSPS) is 15.3. The maximum absolute atomic E-state index is 13.1. The van der Waals surface area contributed by atoms with E-state index < -0.39 is 23.3 Å². The van der Waals surface area contributed by atoms with Crippen molar-refractivity contribution >= 4 is 23.2 Å². The number of benzene rings is 2. The zero-order chi connectivity index (χ0) is 19.6. The predicted molar refractivity (Wildman–Crippen MR) is 98.5 cm³/mol. The van der Waals surface area contributed by atoms with Crippen LogP contribution < -0.4 is 5.32 Å². The van der Waals surface area contributed by atoms with Crippen molar-refractivity contribution in [1.29, 1.82) is 5.26 Å². The van der Waals surface area contributed by atoms with E-state index in [9.17, 15) is 14.0 Å². The Hall–Kier alpha value is -3.53. The number of nitrogens with one attached hydrogen (secondary N) is 1. The van der Waals surface area contributed by atoms with Crippen molar-refractivity contribution in [3.8, 4) is 6.07 Å². The van der Waals surface area contributed by atoms with Crippen molar-refractivity contribution in [2.24, 2.45) is 4.99 Å². The van der Waals surface area contributed by atoms with Crippen LogP contribution in [0.15, 0.2) is 53.5 Å². The lowest BCUT2D eigenvalue weighted by Gasteiger charge is -2.28. The standard InChI is InChI=1S/C20H17FN4O2/c1-20(2)24-18(14-6-8-15(21)9-7-14)19(27)25(20)12-17(26)23-16-5-3-4-13(10-16)11-22/h3-10H,12H2,1-2H3,(H,23,26). The first-order valence-electron chi connectivity index (χ1n) is 8.28. The number of hydrogen-bond acceptors (Lipinski definition) is 4. The van der Waals surface area contributed by atoms with Crippen molar-refractivity contribution in [3.63, 3.8) is 0 Å². The van der Waals surface area contributed by atoms with Gasteiger partial charge in [0.25, 0.3) is 5.91 Å². The second-order valence-corrected chi connectivity index (χ2v) is 6.59. The average Bonchev–Trinajstić information content (AvgIpc) is 2.86. The molecule has 0 saturated heterocycles. The lowest BCUT2D eigenvalue weighted by Crippen LogP contribution is -2.46. The van der Waals surface area contributed by atoms with Gasteiger partial charge in [-0.2, -0.15) is 5.26 Å². The van der Waals surface area contributed by atoms with E-state index in [0.29, 0.717) is 16.8 Å². The summed E-state index contributed by atoms with van der Waals surface area (Å²) in [5, 5.41) is 11.6. The number of anilines is 1. The molecule has 6 nitrogen and oxygen atoms in total. The Morgan fingerprint density at radius 3 is 2.63 bits per heavy atom. The molecular weight excluding hydrogens is 347 g/mol. The molecule has 1 heterocycles. The Morgan fingerprint density at radius 1 is 1.26 bits per heavy atom. The van der Waals surface area contributed by atoms with Crippen molar-refractivity contribution in [2.45, 2.75) is 19.5 Å². The zero-order valence-corrected chi connectivity index (χ0v) is 14.9. The van der Waals surface area contributed by atoms with Crippen molar-refractivity contribution in [1.82, 2.24) is 4.90 Å². The van der Waals surface area contributed by atoms with Crippen molar-refractivity contribution in [3.05, 3.63) is 65.5 Å². The SMILES string of the molecule is CC1(C)N=C(c2ccc(F)cc2)C(=O)N1CC(=O)Nc1cccc(C#N)c1. The van der Waals surface area contributed by atoms with Gasteiger partial charge in [0.1, 0.15) is 23.7 Å². The minimum absolute atomic E-state index is 0.194. The molecule has 0 saturated carbocycles. The maximum Gasteiger partial charge on any atom is 0.275 e. The molecular formula is C20H17FN4O2. The van der Waals surface area contributed by atoms with Crippen LogP contribution in [-0.2, 0) is 9.59 Å². The molecule has 7 heteroatoms. The van der Waals surface area contributed by atoms with Gasteiger partial charge in [0.05, 0.1) is 11.6 Å². The number of carbonyl (C=O) groups excluding carboxylic acids is 2. The number of nitriles is 1. The lowest BCUT2D eigenvalue weighted by atomic mass is 10.1. The summed E-state index contributed by atoms with van der Waals surface area (Å²) in [5.41, 5.74) is 0.681. The van der Waals surface area contributed by atoms with Gasteiger partial charge in [0.15, 0.2) is 0 Å². The van der Waals surface area contributed by atoms with Crippen molar-refractivity contribution < 1.29 is 14.0 Å². The third-order valence-electron chi connectivity index (χ3n) is 4.19. The smallest absolute Gasteiger partial charge is 0.275 e. The molecule has 0 atom stereocenters. The second-order valence-electron chi connectivity index (χ2n) is 6.59. The Kier molecular flexibility index (Phi) is 4.74. The molecule has 0 unspecified atom stereocenters. The van der Waals surface area contributed by atoms with Gasteiger partial charge in [-0.3, -0.25) is 14.6 Å². The highest BCUT2D eigenvalue weighted by atomic mass is 19.1. The number of carbonyl (C=O) groups is 2. The van der Waals surface area contributed by atoms with Crippen LogP contribution in [-0.4, -0.2) is 34.6 Å². The largest absolute Gasteiger partial charge is 0.325 e. The van der Waals surface area contributed by atoms with Crippen LogP contribution in [0.4, 0.5) is 10.1 Å². The molecule has 27 heavy (non-hydrogen) atoms. The van der Waals surface area contributed by atoms with Gasteiger partial charge in [0, 0.05) is 11.3 Å². The third-order valence-corrected chi connectivity index (χ3v) is 4.19. The van der Waals surface area contributed by atoms with Gasteiger partial charge in [-0.1, -0.05) is 6.07 Å². The summed E-state index contributed by atoms with van der Waals surface area (Å²) in [6, 6.07) is 14.0. The van der Waals surface area contributed by atoms with Crippen LogP contribution >= 0.6 is 0 Å². The number of halogens is 1.